The standard InChI is InChI=1S/C42H67N4OP/c1-4-7-31-48(32-8-5-2,33-9-6-3)34-36-25-28-39(29-26-36)43-41(47)40(30-27-35-19-13-10-14-20-35)46-42(44-37-21-15-11-16-22-37)45-38-23-17-12-18-24-38/h10,13-14,19-20,25-26,28-29,37-38,40H,4-9,11-12,15-18,21-24,27,30-34H2,1-3H3,(H2-,43,44,45,46,47)/p+1/t40-/m0/s1. The van der Waals surface area contributed by atoms with Gasteiger partial charge < -0.3 is 16.0 Å². The van der Waals surface area contributed by atoms with Crippen molar-refractivity contribution in [2.75, 3.05) is 23.8 Å². The fourth-order valence-electron chi connectivity index (χ4n) is 7.70. The molecule has 2 aromatic rings. The largest absolute Gasteiger partial charge is 0.354 e. The second kappa shape index (κ2) is 21.6. The van der Waals surface area contributed by atoms with Crippen molar-refractivity contribution >= 4 is 24.8 Å². The lowest BCUT2D eigenvalue weighted by Crippen LogP contribution is -2.52. The van der Waals surface area contributed by atoms with Crippen LogP contribution in [-0.4, -0.2) is 48.5 Å². The Labute approximate surface area is 294 Å². The molecule has 0 saturated heterocycles. The van der Waals surface area contributed by atoms with Crippen LogP contribution in [0, 0.1) is 0 Å². The minimum atomic E-state index is -1.03. The number of hydrogen-bond acceptors (Lipinski definition) is 2. The summed E-state index contributed by atoms with van der Waals surface area (Å²) < 4.78 is 0. The summed E-state index contributed by atoms with van der Waals surface area (Å²) in [4.78, 5) is 19.3. The molecule has 2 saturated carbocycles. The maximum Gasteiger partial charge on any atom is 0.246 e. The fourth-order valence-corrected chi connectivity index (χ4v) is 12.8. The van der Waals surface area contributed by atoms with Crippen LogP contribution in [0.1, 0.15) is 141 Å². The van der Waals surface area contributed by atoms with E-state index in [9.17, 15) is 4.79 Å². The van der Waals surface area contributed by atoms with Gasteiger partial charge in [-0.25, -0.2) is 4.99 Å². The van der Waals surface area contributed by atoms with Crippen molar-refractivity contribution in [2.24, 2.45) is 4.99 Å². The normalized spacial score (nSPS) is 17.2. The van der Waals surface area contributed by atoms with Crippen molar-refractivity contribution in [3.8, 4) is 0 Å². The summed E-state index contributed by atoms with van der Waals surface area (Å²) >= 11 is 0. The van der Waals surface area contributed by atoms with Crippen LogP contribution in [0.5, 0.6) is 0 Å². The molecule has 0 unspecified atom stereocenters. The second-order valence-corrected chi connectivity index (χ2v) is 19.2. The summed E-state index contributed by atoms with van der Waals surface area (Å²) in [7, 11) is -1.03. The van der Waals surface area contributed by atoms with Crippen molar-refractivity contribution in [3.63, 3.8) is 0 Å². The third-order valence-electron chi connectivity index (χ3n) is 10.7. The van der Waals surface area contributed by atoms with Crippen molar-refractivity contribution in [3.05, 3.63) is 65.7 Å². The van der Waals surface area contributed by atoms with Gasteiger partial charge in [-0.05, 0) is 81.0 Å². The first-order chi connectivity index (χ1) is 23.5. The van der Waals surface area contributed by atoms with E-state index in [1.165, 1.54) is 126 Å². The van der Waals surface area contributed by atoms with Crippen LogP contribution in [0.15, 0.2) is 59.6 Å². The summed E-state index contributed by atoms with van der Waals surface area (Å²) in [5.41, 5.74) is 3.59. The average molecular weight is 676 g/mol. The van der Waals surface area contributed by atoms with Gasteiger partial charge in [0.15, 0.2) is 5.96 Å². The smallest absolute Gasteiger partial charge is 0.246 e. The van der Waals surface area contributed by atoms with E-state index in [4.69, 9.17) is 4.99 Å². The first kappa shape index (κ1) is 38.4. The number of unbranched alkanes of at least 4 members (excludes halogenated alkanes) is 3. The molecule has 0 heterocycles. The molecule has 0 spiro atoms. The van der Waals surface area contributed by atoms with Crippen LogP contribution in [0.4, 0.5) is 5.69 Å². The van der Waals surface area contributed by atoms with E-state index in [-0.39, 0.29) is 11.9 Å². The number of nitrogens with one attached hydrogen (secondary N) is 3. The molecule has 5 nitrogen and oxygen atoms in total. The number of aryl methyl sites for hydroxylation is 1. The van der Waals surface area contributed by atoms with Gasteiger partial charge in [-0.15, -0.1) is 0 Å². The second-order valence-electron chi connectivity index (χ2n) is 14.9. The molecule has 6 heteroatoms. The predicted octanol–water partition coefficient (Wildman–Crippen LogP) is 10.7. The van der Waals surface area contributed by atoms with E-state index in [0.29, 0.717) is 18.5 Å². The molecule has 0 aromatic heterocycles. The lowest BCUT2D eigenvalue weighted by atomic mass is 9.95. The highest BCUT2D eigenvalue weighted by atomic mass is 31.2. The van der Waals surface area contributed by atoms with Gasteiger partial charge in [0.2, 0.25) is 5.91 Å². The number of benzene rings is 2. The van der Waals surface area contributed by atoms with Gasteiger partial charge >= 0.3 is 0 Å². The van der Waals surface area contributed by atoms with Crippen LogP contribution in [0.2, 0.25) is 0 Å². The number of aliphatic imine (C=N–C) groups is 1. The minimum Gasteiger partial charge on any atom is -0.354 e. The molecule has 0 bridgehead atoms. The van der Waals surface area contributed by atoms with E-state index >= 15 is 0 Å². The Balaban J connectivity index is 1.49. The number of carbonyl (C=O) groups excluding carboxylic acids is 1. The number of anilines is 1. The third-order valence-corrected chi connectivity index (χ3v) is 15.6. The summed E-state index contributed by atoms with van der Waals surface area (Å²) in [6.07, 6.45) is 27.3. The molecule has 0 radical (unpaired) electrons. The molecule has 1 amide bonds. The molecule has 2 aliphatic rings. The highest BCUT2D eigenvalue weighted by Crippen LogP contribution is 2.63. The first-order valence-electron chi connectivity index (χ1n) is 19.9. The van der Waals surface area contributed by atoms with Crippen LogP contribution < -0.4 is 16.0 Å². The van der Waals surface area contributed by atoms with Gasteiger partial charge in [0.05, 0.1) is 30.7 Å². The Morgan fingerprint density at radius 3 is 1.92 bits per heavy atom. The van der Waals surface area contributed by atoms with Crippen LogP contribution in [0.3, 0.4) is 0 Å². The van der Waals surface area contributed by atoms with E-state index < -0.39 is 7.26 Å². The van der Waals surface area contributed by atoms with Crippen LogP contribution in [0.25, 0.3) is 0 Å². The van der Waals surface area contributed by atoms with Gasteiger partial charge in [0, 0.05) is 19.0 Å². The molecule has 0 aliphatic heterocycles. The lowest BCUT2D eigenvalue weighted by Gasteiger charge is -2.29. The highest BCUT2D eigenvalue weighted by Gasteiger charge is 2.35. The van der Waals surface area contributed by atoms with E-state index in [0.717, 1.165) is 30.9 Å². The molecule has 266 valence electrons. The molecule has 3 N–H and O–H groups in total. The van der Waals surface area contributed by atoms with Gasteiger partial charge in [-0.3, -0.25) is 4.79 Å². The minimum absolute atomic E-state index is 0.0242. The molecular formula is C42H68N4OP+. The Kier molecular flexibility index (Phi) is 17.3. The Morgan fingerprint density at radius 1 is 0.750 bits per heavy atom. The zero-order valence-electron chi connectivity index (χ0n) is 30.8. The first-order valence-corrected chi connectivity index (χ1v) is 22.4. The van der Waals surface area contributed by atoms with E-state index in [1.54, 1.807) is 0 Å². The molecule has 4 rings (SSSR count). The average Bonchev–Trinajstić information content (AvgIpc) is 3.12. The van der Waals surface area contributed by atoms with Gasteiger partial charge in [0.1, 0.15) is 6.04 Å². The molecule has 2 aliphatic carbocycles. The van der Waals surface area contributed by atoms with Crippen molar-refractivity contribution < 1.29 is 4.79 Å². The van der Waals surface area contributed by atoms with Crippen LogP contribution in [-0.2, 0) is 17.4 Å². The van der Waals surface area contributed by atoms with Gasteiger partial charge in [-0.1, -0.05) is 121 Å². The fraction of sp³-hybridized carbons (Fsp3) is 0.667. The summed E-state index contributed by atoms with van der Waals surface area (Å²) in [5, 5.41) is 10.8. The van der Waals surface area contributed by atoms with Crippen molar-refractivity contribution in [2.45, 2.75) is 161 Å². The lowest BCUT2D eigenvalue weighted by molar-refractivity contribution is -0.118. The van der Waals surface area contributed by atoms with Crippen molar-refractivity contribution in [1.29, 1.82) is 0 Å². The summed E-state index contributed by atoms with van der Waals surface area (Å²) in [6.45, 7) is 7.01. The van der Waals surface area contributed by atoms with Gasteiger partial charge in [0.25, 0.3) is 0 Å². The van der Waals surface area contributed by atoms with E-state index in [1.807, 2.05) is 0 Å². The van der Waals surface area contributed by atoms with Gasteiger partial charge in [-0.2, -0.15) is 0 Å². The van der Waals surface area contributed by atoms with Crippen molar-refractivity contribution in [1.82, 2.24) is 10.6 Å². The van der Waals surface area contributed by atoms with E-state index in [2.05, 4.69) is 91.3 Å². The highest BCUT2D eigenvalue weighted by molar-refractivity contribution is 7.75. The summed E-state index contributed by atoms with van der Waals surface area (Å²) in [5.74, 6) is 0.861. The zero-order chi connectivity index (χ0) is 33.9. The number of nitrogens with zero attached hydrogens (tertiary/aromatic N) is 1. The van der Waals surface area contributed by atoms with Crippen LogP contribution >= 0.6 is 7.26 Å². The number of carbonyl (C=O) groups is 1. The zero-order valence-corrected chi connectivity index (χ0v) is 31.7. The topological polar surface area (TPSA) is 65.5 Å². The maximum absolute atomic E-state index is 14.1. The Morgan fingerprint density at radius 2 is 1.33 bits per heavy atom. The third kappa shape index (κ3) is 13.5. The Bertz CT molecular complexity index is 1170. The molecule has 2 fully saturated rings. The molecule has 2 aromatic carbocycles. The SMILES string of the molecule is CCCC[P+](CCCC)(CCCC)Cc1ccc(NC(=O)[C@H](CCc2ccccc2)NC(=NC2CCCCC2)NC2CCCCC2)cc1. The molecule has 1 atom stereocenters. The molecular weight excluding hydrogens is 607 g/mol. The number of hydrogen-bond donors (Lipinski definition) is 3. The number of amides is 1. The summed E-state index contributed by atoms with van der Waals surface area (Å²) in [6, 6.07) is 19.8. The quantitative estimate of drug-likeness (QED) is 0.0789. The number of rotatable bonds is 19. The molecule has 48 heavy (non-hydrogen) atoms. The maximum atomic E-state index is 14.1. The monoisotopic (exact) mass is 676 g/mol. The number of guanidine groups is 1. The Hall–Kier alpha value is -2.39. The predicted molar refractivity (Wildman–Crippen MR) is 211 cm³/mol.